The molecular formula is C17H22N2OS. The summed E-state index contributed by atoms with van der Waals surface area (Å²) in [7, 11) is 0. The summed E-state index contributed by atoms with van der Waals surface area (Å²) in [4.78, 5) is 13.4. The lowest BCUT2D eigenvalue weighted by atomic mass is 10.1. The van der Waals surface area contributed by atoms with E-state index in [0.29, 0.717) is 6.54 Å². The Labute approximate surface area is 130 Å². The maximum atomic E-state index is 12.1. The molecule has 1 aromatic carbocycles. The molecule has 0 aliphatic carbocycles. The lowest BCUT2D eigenvalue weighted by Crippen LogP contribution is -2.38. The standard InChI is InChI=1S/C17H22N2OS/c1-12-6-7-15(11-13(12)2)19-14(3)17(20)18-9-8-16-5-4-10-21-16/h4-7,10-11,14,19H,8-9H2,1-3H3,(H,18,20)/t14-/m1/s1. The third-order valence-electron chi connectivity index (χ3n) is 3.53. The van der Waals surface area contributed by atoms with Crippen molar-refractivity contribution in [3.05, 3.63) is 51.7 Å². The van der Waals surface area contributed by atoms with Crippen molar-refractivity contribution < 1.29 is 4.79 Å². The average Bonchev–Trinajstić information content (AvgIpc) is 2.96. The zero-order valence-corrected chi connectivity index (χ0v) is 13.6. The number of aryl methyl sites for hydroxylation is 2. The molecule has 0 radical (unpaired) electrons. The second-order valence-electron chi connectivity index (χ2n) is 5.29. The predicted molar refractivity (Wildman–Crippen MR) is 90.0 cm³/mol. The first-order chi connectivity index (χ1) is 10.1. The molecule has 0 spiro atoms. The maximum absolute atomic E-state index is 12.1. The van der Waals surface area contributed by atoms with E-state index in [-0.39, 0.29) is 11.9 Å². The number of hydrogen-bond donors (Lipinski definition) is 2. The van der Waals surface area contributed by atoms with Crippen molar-refractivity contribution in [2.24, 2.45) is 0 Å². The van der Waals surface area contributed by atoms with Gasteiger partial charge in [-0.2, -0.15) is 0 Å². The number of benzene rings is 1. The second-order valence-corrected chi connectivity index (χ2v) is 6.32. The van der Waals surface area contributed by atoms with Crippen LogP contribution in [0.3, 0.4) is 0 Å². The van der Waals surface area contributed by atoms with Crippen LogP contribution in [0, 0.1) is 13.8 Å². The molecule has 2 N–H and O–H groups in total. The van der Waals surface area contributed by atoms with Gasteiger partial charge in [0.25, 0.3) is 0 Å². The van der Waals surface area contributed by atoms with Crippen LogP contribution in [0.5, 0.6) is 0 Å². The van der Waals surface area contributed by atoms with E-state index >= 15 is 0 Å². The van der Waals surface area contributed by atoms with Crippen LogP contribution >= 0.6 is 11.3 Å². The van der Waals surface area contributed by atoms with Gasteiger partial charge < -0.3 is 10.6 Å². The average molecular weight is 302 g/mol. The van der Waals surface area contributed by atoms with Crippen molar-refractivity contribution in [3.8, 4) is 0 Å². The molecule has 4 heteroatoms. The molecule has 0 aliphatic heterocycles. The molecule has 1 atom stereocenters. The van der Waals surface area contributed by atoms with Crippen LogP contribution in [-0.2, 0) is 11.2 Å². The van der Waals surface area contributed by atoms with E-state index in [4.69, 9.17) is 0 Å². The fourth-order valence-corrected chi connectivity index (χ4v) is 2.77. The maximum Gasteiger partial charge on any atom is 0.242 e. The highest BCUT2D eigenvalue weighted by Crippen LogP contribution is 2.15. The first kappa shape index (κ1) is 15.6. The third-order valence-corrected chi connectivity index (χ3v) is 4.47. The van der Waals surface area contributed by atoms with E-state index < -0.39 is 0 Å². The lowest BCUT2D eigenvalue weighted by molar-refractivity contribution is -0.121. The van der Waals surface area contributed by atoms with E-state index in [1.165, 1.54) is 16.0 Å². The topological polar surface area (TPSA) is 41.1 Å². The number of carbonyl (C=O) groups is 1. The number of rotatable bonds is 6. The van der Waals surface area contributed by atoms with Gasteiger partial charge in [-0.05, 0) is 61.9 Å². The van der Waals surface area contributed by atoms with Crippen molar-refractivity contribution in [2.75, 3.05) is 11.9 Å². The lowest BCUT2D eigenvalue weighted by Gasteiger charge is -2.16. The summed E-state index contributed by atoms with van der Waals surface area (Å²) in [6, 6.07) is 10.0. The summed E-state index contributed by atoms with van der Waals surface area (Å²) >= 11 is 1.72. The minimum atomic E-state index is -0.240. The fourth-order valence-electron chi connectivity index (χ4n) is 2.06. The largest absolute Gasteiger partial charge is 0.374 e. The molecule has 2 aromatic rings. The SMILES string of the molecule is Cc1ccc(N[C@H](C)C(=O)NCCc2cccs2)cc1C. The summed E-state index contributed by atoms with van der Waals surface area (Å²) < 4.78 is 0. The van der Waals surface area contributed by atoms with Gasteiger partial charge in [0.1, 0.15) is 6.04 Å². The molecule has 1 heterocycles. The molecule has 1 aromatic heterocycles. The Morgan fingerprint density at radius 3 is 2.71 bits per heavy atom. The Morgan fingerprint density at radius 2 is 2.05 bits per heavy atom. The molecule has 1 amide bonds. The zero-order valence-electron chi connectivity index (χ0n) is 12.8. The molecule has 0 saturated heterocycles. The van der Waals surface area contributed by atoms with Gasteiger partial charge in [-0.3, -0.25) is 4.79 Å². The van der Waals surface area contributed by atoms with Gasteiger partial charge in [-0.15, -0.1) is 11.3 Å². The number of nitrogens with one attached hydrogen (secondary N) is 2. The van der Waals surface area contributed by atoms with Crippen LogP contribution in [0.2, 0.25) is 0 Å². The van der Waals surface area contributed by atoms with E-state index in [1.807, 2.05) is 19.1 Å². The van der Waals surface area contributed by atoms with Crippen molar-refractivity contribution >= 4 is 22.9 Å². The molecule has 0 fully saturated rings. The molecule has 0 saturated carbocycles. The monoisotopic (exact) mass is 302 g/mol. The Morgan fingerprint density at radius 1 is 1.24 bits per heavy atom. The molecule has 3 nitrogen and oxygen atoms in total. The minimum Gasteiger partial charge on any atom is -0.374 e. The Kier molecular flexibility index (Phi) is 5.39. The highest BCUT2D eigenvalue weighted by molar-refractivity contribution is 7.09. The molecule has 0 bridgehead atoms. The van der Waals surface area contributed by atoms with Crippen molar-refractivity contribution in [1.29, 1.82) is 0 Å². The summed E-state index contributed by atoms with van der Waals surface area (Å²) in [5, 5.41) is 8.27. The zero-order chi connectivity index (χ0) is 15.2. The van der Waals surface area contributed by atoms with Crippen molar-refractivity contribution in [3.63, 3.8) is 0 Å². The van der Waals surface area contributed by atoms with Crippen LogP contribution < -0.4 is 10.6 Å². The molecule has 2 rings (SSSR count). The van der Waals surface area contributed by atoms with Gasteiger partial charge in [0.15, 0.2) is 0 Å². The summed E-state index contributed by atoms with van der Waals surface area (Å²) in [5.74, 6) is 0.0322. The Bertz CT molecular complexity index is 593. The molecule has 112 valence electrons. The van der Waals surface area contributed by atoms with E-state index in [1.54, 1.807) is 11.3 Å². The van der Waals surface area contributed by atoms with Gasteiger partial charge in [-0.1, -0.05) is 12.1 Å². The second kappa shape index (κ2) is 7.27. The summed E-state index contributed by atoms with van der Waals surface area (Å²) in [6.07, 6.45) is 0.889. The van der Waals surface area contributed by atoms with Crippen molar-refractivity contribution in [1.82, 2.24) is 5.32 Å². The molecule has 0 aliphatic rings. The van der Waals surface area contributed by atoms with Crippen molar-refractivity contribution in [2.45, 2.75) is 33.2 Å². The fraction of sp³-hybridized carbons (Fsp3) is 0.353. The molecular weight excluding hydrogens is 280 g/mol. The van der Waals surface area contributed by atoms with Crippen LogP contribution in [0.4, 0.5) is 5.69 Å². The Hall–Kier alpha value is -1.81. The smallest absolute Gasteiger partial charge is 0.242 e. The summed E-state index contributed by atoms with van der Waals surface area (Å²) in [5.41, 5.74) is 3.47. The normalized spacial score (nSPS) is 12.0. The van der Waals surface area contributed by atoms with Gasteiger partial charge in [0.2, 0.25) is 5.91 Å². The number of thiophene rings is 1. The van der Waals surface area contributed by atoms with E-state index in [0.717, 1.165) is 12.1 Å². The number of hydrogen-bond acceptors (Lipinski definition) is 3. The molecule has 0 unspecified atom stereocenters. The third kappa shape index (κ3) is 4.60. The first-order valence-electron chi connectivity index (χ1n) is 7.20. The number of carbonyl (C=O) groups excluding carboxylic acids is 1. The first-order valence-corrected chi connectivity index (χ1v) is 8.08. The number of anilines is 1. The predicted octanol–water partition coefficient (Wildman–Crippen LogP) is 3.52. The number of amides is 1. The van der Waals surface area contributed by atoms with Gasteiger partial charge >= 0.3 is 0 Å². The Balaban J connectivity index is 1.80. The highest BCUT2D eigenvalue weighted by atomic mass is 32.1. The quantitative estimate of drug-likeness (QED) is 0.857. The highest BCUT2D eigenvalue weighted by Gasteiger charge is 2.12. The molecule has 21 heavy (non-hydrogen) atoms. The summed E-state index contributed by atoms with van der Waals surface area (Å²) in [6.45, 7) is 6.72. The van der Waals surface area contributed by atoms with Crippen LogP contribution in [0.15, 0.2) is 35.7 Å². The van der Waals surface area contributed by atoms with Crippen LogP contribution in [0.25, 0.3) is 0 Å². The van der Waals surface area contributed by atoms with Gasteiger partial charge in [0.05, 0.1) is 0 Å². The van der Waals surface area contributed by atoms with Gasteiger partial charge in [0, 0.05) is 17.1 Å². The van der Waals surface area contributed by atoms with Crippen LogP contribution in [0.1, 0.15) is 22.9 Å². The van der Waals surface area contributed by atoms with E-state index in [9.17, 15) is 4.79 Å². The van der Waals surface area contributed by atoms with E-state index in [2.05, 4.69) is 48.1 Å². The van der Waals surface area contributed by atoms with Gasteiger partial charge in [-0.25, -0.2) is 0 Å². The van der Waals surface area contributed by atoms with Crippen LogP contribution in [-0.4, -0.2) is 18.5 Å². The minimum absolute atomic E-state index is 0.0322.